The van der Waals surface area contributed by atoms with E-state index >= 15 is 0 Å². The normalized spacial score (nSPS) is 9.55. The third-order valence-electron chi connectivity index (χ3n) is 2.62. The number of carbonyl (C=O) groups is 1. The summed E-state index contributed by atoms with van der Waals surface area (Å²) in [7, 11) is 0. The quantitative estimate of drug-likeness (QED) is 0.579. The lowest BCUT2D eigenvalue weighted by atomic mass is 10.1. The van der Waals surface area contributed by atoms with E-state index in [1.807, 2.05) is 6.07 Å². The Bertz CT molecular complexity index is 716. The maximum atomic E-state index is 11.1. The fraction of sp³-hybridized carbons (Fsp3) is 0. The zero-order chi connectivity index (χ0) is 14.5. The van der Waals surface area contributed by atoms with E-state index in [0.29, 0.717) is 11.4 Å². The zero-order valence-corrected chi connectivity index (χ0v) is 10.6. The van der Waals surface area contributed by atoms with Gasteiger partial charge in [0, 0.05) is 23.0 Å². The maximum absolute atomic E-state index is 11.1. The minimum atomic E-state index is -0.807. The van der Waals surface area contributed by atoms with E-state index in [-0.39, 0.29) is 5.71 Å². The van der Waals surface area contributed by atoms with Crippen LogP contribution in [0.2, 0.25) is 0 Å². The molecule has 5 heteroatoms. The fourth-order valence-electron chi connectivity index (χ4n) is 1.66. The van der Waals surface area contributed by atoms with E-state index in [9.17, 15) is 4.79 Å². The van der Waals surface area contributed by atoms with Crippen molar-refractivity contribution in [2.75, 3.05) is 5.32 Å². The molecule has 0 aliphatic rings. The van der Waals surface area contributed by atoms with Crippen LogP contribution in [0.4, 0.5) is 11.5 Å². The smallest absolute Gasteiger partial charge is 0.267 e. The molecule has 0 saturated heterocycles. The molecule has 0 bridgehead atoms. The van der Waals surface area contributed by atoms with Crippen LogP contribution in [-0.4, -0.2) is 16.6 Å². The van der Waals surface area contributed by atoms with Crippen molar-refractivity contribution in [3.63, 3.8) is 0 Å². The third kappa shape index (κ3) is 2.82. The number of benzene rings is 1. The van der Waals surface area contributed by atoms with Gasteiger partial charge in [0.1, 0.15) is 11.5 Å². The van der Waals surface area contributed by atoms with Crippen molar-refractivity contribution in [1.82, 2.24) is 4.98 Å². The first kappa shape index (κ1) is 13.3. The van der Waals surface area contributed by atoms with Crippen LogP contribution in [0.25, 0.3) is 0 Å². The van der Waals surface area contributed by atoms with Crippen molar-refractivity contribution < 1.29 is 4.79 Å². The van der Waals surface area contributed by atoms with Gasteiger partial charge >= 0.3 is 0 Å². The highest BCUT2D eigenvalue weighted by molar-refractivity contribution is 6.44. The molecule has 1 heterocycles. The van der Waals surface area contributed by atoms with Gasteiger partial charge in [-0.3, -0.25) is 10.2 Å². The summed E-state index contributed by atoms with van der Waals surface area (Å²) in [5.74, 6) is 2.11. The number of terminal acetylenes is 1. The van der Waals surface area contributed by atoms with Crippen LogP contribution in [0.3, 0.4) is 0 Å². The summed E-state index contributed by atoms with van der Waals surface area (Å²) < 4.78 is 0. The Morgan fingerprint density at radius 3 is 2.85 bits per heavy atom. The van der Waals surface area contributed by atoms with Gasteiger partial charge in [-0.2, -0.15) is 0 Å². The number of hydrogen-bond donors (Lipinski definition) is 3. The van der Waals surface area contributed by atoms with Crippen molar-refractivity contribution in [3.8, 4) is 12.3 Å². The molecule has 0 saturated carbocycles. The average Bonchev–Trinajstić information content (AvgIpc) is 2.47. The Morgan fingerprint density at radius 1 is 1.35 bits per heavy atom. The number of nitrogens with two attached hydrogens (primary N) is 1. The van der Waals surface area contributed by atoms with Crippen molar-refractivity contribution >= 4 is 23.1 Å². The van der Waals surface area contributed by atoms with Gasteiger partial charge < -0.3 is 11.1 Å². The molecule has 0 radical (unpaired) electrons. The predicted molar refractivity (Wildman–Crippen MR) is 77.9 cm³/mol. The van der Waals surface area contributed by atoms with Crippen molar-refractivity contribution in [2.45, 2.75) is 0 Å². The number of nitrogens with one attached hydrogen (secondary N) is 2. The van der Waals surface area contributed by atoms with Crippen molar-refractivity contribution in [1.29, 1.82) is 5.41 Å². The fourth-order valence-corrected chi connectivity index (χ4v) is 1.66. The zero-order valence-electron chi connectivity index (χ0n) is 10.6. The van der Waals surface area contributed by atoms with Crippen LogP contribution in [0.5, 0.6) is 0 Å². The molecule has 0 aliphatic heterocycles. The van der Waals surface area contributed by atoms with E-state index in [2.05, 4.69) is 16.2 Å². The summed E-state index contributed by atoms with van der Waals surface area (Å²) in [4.78, 5) is 15.2. The van der Waals surface area contributed by atoms with Gasteiger partial charge in [-0.1, -0.05) is 12.0 Å². The van der Waals surface area contributed by atoms with Gasteiger partial charge in [0.05, 0.1) is 0 Å². The molecule has 4 N–H and O–H groups in total. The Hall–Kier alpha value is -3.13. The number of nitrogens with zero attached hydrogens (tertiary/aromatic N) is 1. The third-order valence-corrected chi connectivity index (χ3v) is 2.62. The van der Waals surface area contributed by atoms with Crippen LogP contribution in [-0.2, 0) is 4.79 Å². The van der Waals surface area contributed by atoms with Crippen LogP contribution >= 0.6 is 0 Å². The van der Waals surface area contributed by atoms with Gasteiger partial charge in [0.2, 0.25) is 0 Å². The largest absolute Gasteiger partial charge is 0.364 e. The standard InChI is InChI=1S/C15H12N4O/c1-2-10-5-3-6-11(9-10)19-15-12(7-4-8-18-15)13(16)14(17)20/h1,3-9,16H,(H2,17,20)(H,18,19). The number of hydrogen-bond acceptors (Lipinski definition) is 4. The molecule has 98 valence electrons. The number of primary amides is 1. The first-order chi connectivity index (χ1) is 9.61. The molecule has 1 amide bonds. The number of carbonyl (C=O) groups excluding carboxylic acids is 1. The Balaban J connectivity index is 2.37. The number of rotatable bonds is 4. The second kappa shape index (κ2) is 5.67. The molecule has 2 aromatic rings. The minimum Gasteiger partial charge on any atom is -0.364 e. The van der Waals surface area contributed by atoms with E-state index < -0.39 is 5.91 Å². The molecule has 20 heavy (non-hydrogen) atoms. The second-order valence-electron chi connectivity index (χ2n) is 3.99. The van der Waals surface area contributed by atoms with Gasteiger partial charge in [0.25, 0.3) is 5.91 Å². The molecule has 0 unspecified atom stereocenters. The van der Waals surface area contributed by atoms with Gasteiger partial charge in [-0.05, 0) is 30.3 Å². The van der Waals surface area contributed by atoms with Crippen molar-refractivity contribution in [2.24, 2.45) is 5.73 Å². The Kier molecular flexibility index (Phi) is 3.77. The first-order valence-electron chi connectivity index (χ1n) is 5.79. The molecule has 0 spiro atoms. The minimum absolute atomic E-state index is 0.297. The Labute approximate surface area is 116 Å². The topological polar surface area (TPSA) is 91.9 Å². The molecular weight excluding hydrogens is 252 g/mol. The highest BCUT2D eigenvalue weighted by Crippen LogP contribution is 2.19. The van der Waals surface area contributed by atoms with E-state index in [1.54, 1.807) is 36.5 Å². The summed E-state index contributed by atoms with van der Waals surface area (Å²) >= 11 is 0. The molecule has 0 aliphatic carbocycles. The number of aromatic nitrogens is 1. The highest BCUT2D eigenvalue weighted by atomic mass is 16.1. The van der Waals surface area contributed by atoms with E-state index in [4.69, 9.17) is 17.6 Å². The highest BCUT2D eigenvalue weighted by Gasteiger charge is 2.13. The van der Waals surface area contributed by atoms with E-state index in [1.165, 1.54) is 0 Å². The SMILES string of the molecule is C#Cc1cccc(Nc2ncccc2C(=N)C(N)=O)c1. The average molecular weight is 264 g/mol. The summed E-state index contributed by atoms with van der Waals surface area (Å²) in [6.45, 7) is 0. The monoisotopic (exact) mass is 264 g/mol. The molecule has 0 fully saturated rings. The van der Waals surface area contributed by atoms with Crippen LogP contribution in [0.15, 0.2) is 42.6 Å². The molecule has 1 aromatic carbocycles. The molecule has 5 nitrogen and oxygen atoms in total. The summed E-state index contributed by atoms with van der Waals surface area (Å²) in [6.07, 6.45) is 6.90. The van der Waals surface area contributed by atoms with Crippen LogP contribution in [0, 0.1) is 17.8 Å². The number of pyridine rings is 1. The lowest BCUT2D eigenvalue weighted by molar-refractivity contribution is -0.112. The molecule has 2 rings (SSSR count). The summed E-state index contributed by atoms with van der Waals surface area (Å²) in [5.41, 5.74) is 6.61. The van der Waals surface area contributed by atoms with Gasteiger partial charge in [-0.15, -0.1) is 6.42 Å². The molecular formula is C15H12N4O. The summed E-state index contributed by atoms with van der Waals surface area (Å²) in [5, 5.41) is 10.7. The number of anilines is 2. The van der Waals surface area contributed by atoms with Gasteiger partial charge in [-0.25, -0.2) is 4.98 Å². The lowest BCUT2D eigenvalue weighted by Crippen LogP contribution is -2.24. The van der Waals surface area contributed by atoms with Gasteiger partial charge in [0.15, 0.2) is 0 Å². The predicted octanol–water partition coefficient (Wildman–Crippen LogP) is 1.66. The Morgan fingerprint density at radius 2 is 2.15 bits per heavy atom. The van der Waals surface area contributed by atoms with Crippen LogP contribution < -0.4 is 11.1 Å². The summed E-state index contributed by atoms with van der Waals surface area (Å²) in [6, 6.07) is 10.4. The molecule has 1 aromatic heterocycles. The first-order valence-corrected chi connectivity index (χ1v) is 5.79. The van der Waals surface area contributed by atoms with Crippen molar-refractivity contribution in [3.05, 3.63) is 53.7 Å². The van der Waals surface area contributed by atoms with Crippen LogP contribution in [0.1, 0.15) is 11.1 Å². The van der Waals surface area contributed by atoms with E-state index in [0.717, 1.165) is 11.3 Å². The number of amides is 1. The second-order valence-corrected chi connectivity index (χ2v) is 3.99. The maximum Gasteiger partial charge on any atom is 0.267 e. The molecule has 0 atom stereocenters. The lowest BCUT2D eigenvalue weighted by Gasteiger charge is -2.10.